The van der Waals surface area contributed by atoms with Gasteiger partial charge in [-0.25, -0.2) is 9.97 Å². The highest BCUT2D eigenvalue weighted by molar-refractivity contribution is 6.37. The van der Waals surface area contributed by atoms with Crippen LogP contribution >= 0.6 is 0 Å². The molecule has 45 heavy (non-hydrogen) atoms. The Labute approximate surface area is 259 Å². The molecule has 0 radical (unpaired) electrons. The Bertz CT molecular complexity index is 2740. The molecule has 0 aliphatic carbocycles. The van der Waals surface area contributed by atoms with Crippen LogP contribution in [0.4, 0.5) is 0 Å². The third-order valence-electron chi connectivity index (χ3n) is 9.36. The van der Waals surface area contributed by atoms with E-state index >= 15 is 0 Å². The molecule has 0 unspecified atom stereocenters. The van der Waals surface area contributed by atoms with Crippen LogP contribution in [0.5, 0.6) is 0 Å². The fourth-order valence-electron chi connectivity index (χ4n) is 7.38. The van der Waals surface area contributed by atoms with E-state index in [9.17, 15) is 0 Å². The minimum Gasteiger partial charge on any atom is -0.278 e. The summed E-state index contributed by atoms with van der Waals surface area (Å²) in [5, 5.41) is 11.2. The summed E-state index contributed by atoms with van der Waals surface area (Å²) in [4.78, 5) is 10.5. The van der Waals surface area contributed by atoms with E-state index in [0.29, 0.717) is 5.95 Å². The van der Waals surface area contributed by atoms with Crippen molar-refractivity contribution in [2.45, 2.75) is 0 Å². The first-order valence-electron chi connectivity index (χ1n) is 15.4. The van der Waals surface area contributed by atoms with Gasteiger partial charge in [-0.15, -0.1) is 0 Å². The van der Waals surface area contributed by atoms with Crippen LogP contribution in [0, 0.1) is 0 Å². The van der Waals surface area contributed by atoms with Crippen LogP contribution in [0.3, 0.4) is 0 Å². The summed E-state index contributed by atoms with van der Waals surface area (Å²) in [6.45, 7) is 0. The smallest absolute Gasteiger partial charge is 0.235 e. The average Bonchev–Trinajstić information content (AvgIpc) is 3.46. The average molecular weight is 572 g/mol. The van der Waals surface area contributed by atoms with Crippen LogP contribution in [-0.2, 0) is 0 Å². The molecule has 10 aromatic rings. The molecule has 3 heteroatoms. The van der Waals surface area contributed by atoms with Gasteiger partial charge in [0.15, 0.2) is 0 Å². The predicted octanol–water partition coefficient (Wildman–Crippen LogP) is 11.0. The molecule has 8 aromatic carbocycles. The minimum atomic E-state index is 0.681. The minimum absolute atomic E-state index is 0.681. The van der Waals surface area contributed by atoms with E-state index in [1.807, 2.05) is 0 Å². The number of nitrogens with zero attached hydrogens (tertiary/aromatic N) is 3. The molecule has 2 heterocycles. The van der Waals surface area contributed by atoms with Crippen molar-refractivity contribution in [2.75, 3.05) is 0 Å². The zero-order chi connectivity index (χ0) is 29.5. The zero-order valence-corrected chi connectivity index (χ0v) is 24.3. The molecule has 0 N–H and O–H groups in total. The number of fused-ring (bicyclic) bond motifs is 6. The van der Waals surface area contributed by atoms with Crippen LogP contribution in [0.25, 0.3) is 93.4 Å². The maximum atomic E-state index is 5.35. The van der Waals surface area contributed by atoms with Crippen LogP contribution in [0.1, 0.15) is 0 Å². The first-order valence-corrected chi connectivity index (χ1v) is 15.4. The van der Waals surface area contributed by atoms with Crippen molar-refractivity contribution in [1.29, 1.82) is 0 Å². The zero-order valence-electron chi connectivity index (χ0n) is 24.3. The Hall–Kier alpha value is -6.06. The van der Waals surface area contributed by atoms with Gasteiger partial charge in [-0.3, -0.25) is 4.57 Å². The Morgan fingerprint density at radius 1 is 0.356 bits per heavy atom. The van der Waals surface area contributed by atoms with Crippen molar-refractivity contribution in [1.82, 2.24) is 14.5 Å². The number of rotatable bonds is 3. The number of benzene rings is 8. The van der Waals surface area contributed by atoms with Gasteiger partial charge in [0.05, 0.1) is 22.2 Å². The van der Waals surface area contributed by atoms with Crippen molar-refractivity contribution < 1.29 is 0 Å². The lowest BCUT2D eigenvalue weighted by molar-refractivity contribution is 1.01. The van der Waals surface area contributed by atoms with Crippen LogP contribution in [-0.4, -0.2) is 14.5 Å². The SMILES string of the molecule is c1ccc(-c2ccc(-c3nc(-n4c5cccc6c7ccc8ccccc8c7c7cccc4c7c65)nc4ccccc34)cc2)cc1. The van der Waals surface area contributed by atoms with Crippen molar-refractivity contribution in [3.63, 3.8) is 0 Å². The molecule has 0 aliphatic rings. The molecule has 0 bridgehead atoms. The van der Waals surface area contributed by atoms with E-state index in [2.05, 4.69) is 156 Å². The number of hydrogen-bond acceptors (Lipinski definition) is 2. The molecule has 0 fully saturated rings. The van der Waals surface area contributed by atoms with Gasteiger partial charge in [-0.2, -0.15) is 0 Å². The third-order valence-corrected chi connectivity index (χ3v) is 9.36. The fourth-order valence-corrected chi connectivity index (χ4v) is 7.38. The number of para-hydroxylation sites is 1. The Morgan fingerprint density at radius 2 is 0.956 bits per heavy atom. The van der Waals surface area contributed by atoms with Gasteiger partial charge < -0.3 is 0 Å². The monoisotopic (exact) mass is 571 g/mol. The lowest BCUT2D eigenvalue weighted by atomic mass is 9.91. The standard InChI is InChI=1S/C42H25N3/c1-2-10-26(11-3-1)27-20-22-29(23-21-27)41-33-14-6-7-17-35(33)43-42(44-41)45-36-18-8-15-31-32-25-24-28-12-4-5-13-30(28)38(32)34-16-9-19-37(45)40(34)39(31)36/h1-25H. The number of aromatic nitrogens is 3. The van der Waals surface area contributed by atoms with E-state index in [1.165, 1.54) is 54.2 Å². The maximum Gasteiger partial charge on any atom is 0.235 e. The molecule has 208 valence electrons. The van der Waals surface area contributed by atoms with Crippen molar-refractivity contribution >= 4 is 65.0 Å². The second-order valence-corrected chi connectivity index (χ2v) is 11.8. The molecular weight excluding hydrogens is 546 g/mol. The summed E-state index contributed by atoms with van der Waals surface area (Å²) in [6.07, 6.45) is 0. The second kappa shape index (κ2) is 9.22. The summed E-state index contributed by atoms with van der Waals surface area (Å²) in [6, 6.07) is 54.1. The van der Waals surface area contributed by atoms with E-state index in [1.54, 1.807) is 0 Å². The van der Waals surface area contributed by atoms with Crippen molar-refractivity contribution in [3.8, 4) is 28.3 Å². The van der Waals surface area contributed by atoms with Gasteiger partial charge in [-0.05, 0) is 61.6 Å². The summed E-state index contributed by atoms with van der Waals surface area (Å²) in [5.41, 5.74) is 7.56. The second-order valence-electron chi connectivity index (χ2n) is 11.8. The topological polar surface area (TPSA) is 30.7 Å². The van der Waals surface area contributed by atoms with Crippen LogP contribution < -0.4 is 0 Å². The molecule has 0 amide bonds. The normalized spacial score (nSPS) is 12.0. The first kappa shape index (κ1) is 24.4. The van der Waals surface area contributed by atoms with E-state index in [4.69, 9.17) is 9.97 Å². The lowest BCUT2D eigenvalue weighted by Crippen LogP contribution is -2.03. The van der Waals surface area contributed by atoms with Crippen molar-refractivity contribution in [3.05, 3.63) is 152 Å². The summed E-state index contributed by atoms with van der Waals surface area (Å²) >= 11 is 0. The molecule has 10 rings (SSSR count). The Kier molecular flexibility index (Phi) is 5.00. The molecule has 2 aromatic heterocycles. The van der Waals surface area contributed by atoms with Gasteiger partial charge in [0.2, 0.25) is 5.95 Å². The number of hydrogen-bond donors (Lipinski definition) is 0. The van der Waals surface area contributed by atoms with Gasteiger partial charge in [-0.1, -0.05) is 133 Å². The first-order chi connectivity index (χ1) is 22.3. The Morgan fingerprint density at radius 3 is 1.78 bits per heavy atom. The Balaban J connectivity index is 1.28. The molecule has 0 saturated heterocycles. The summed E-state index contributed by atoms with van der Waals surface area (Å²) < 4.78 is 2.26. The molecule has 0 saturated carbocycles. The maximum absolute atomic E-state index is 5.35. The quantitative estimate of drug-likeness (QED) is 0.198. The predicted molar refractivity (Wildman–Crippen MR) is 188 cm³/mol. The molecule has 0 spiro atoms. The van der Waals surface area contributed by atoms with Crippen molar-refractivity contribution in [2.24, 2.45) is 0 Å². The van der Waals surface area contributed by atoms with Gasteiger partial charge in [0.25, 0.3) is 0 Å². The van der Waals surface area contributed by atoms with E-state index < -0.39 is 0 Å². The van der Waals surface area contributed by atoms with Gasteiger partial charge in [0, 0.05) is 21.7 Å². The fraction of sp³-hybridized carbons (Fsp3) is 0. The molecular formula is C42H25N3. The third kappa shape index (κ3) is 3.46. The highest BCUT2D eigenvalue weighted by atomic mass is 15.2. The van der Waals surface area contributed by atoms with E-state index in [-0.39, 0.29) is 0 Å². The summed E-state index contributed by atoms with van der Waals surface area (Å²) in [5.74, 6) is 0.681. The molecule has 3 nitrogen and oxygen atoms in total. The lowest BCUT2D eigenvalue weighted by Gasteiger charge is -2.12. The summed E-state index contributed by atoms with van der Waals surface area (Å²) in [7, 11) is 0. The van der Waals surface area contributed by atoms with Crippen LogP contribution in [0.15, 0.2) is 152 Å². The largest absolute Gasteiger partial charge is 0.278 e. The molecule has 0 atom stereocenters. The molecule has 0 aliphatic heterocycles. The van der Waals surface area contributed by atoms with Gasteiger partial charge in [0.1, 0.15) is 0 Å². The van der Waals surface area contributed by atoms with Gasteiger partial charge >= 0.3 is 0 Å². The highest BCUT2D eigenvalue weighted by Gasteiger charge is 2.22. The van der Waals surface area contributed by atoms with Crippen LogP contribution in [0.2, 0.25) is 0 Å². The highest BCUT2D eigenvalue weighted by Crippen LogP contribution is 2.45. The van der Waals surface area contributed by atoms with E-state index in [0.717, 1.165) is 33.2 Å².